The monoisotopic (exact) mass is 569 g/mol. The van der Waals surface area contributed by atoms with Gasteiger partial charge in [0, 0.05) is 18.2 Å². The largest absolute Gasteiger partial charge is 0.495 e. The molecule has 3 rings (SSSR count). The number of hydrogen-bond acceptors (Lipinski definition) is 5. The van der Waals surface area contributed by atoms with Crippen LogP contribution >= 0.6 is 0 Å². The summed E-state index contributed by atoms with van der Waals surface area (Å²) >= 11 is 0. The zero-order valence-electron chi connectivity index (χ0n) is 23.4. The number of carbonyl (C=O) groups excluding carboxylic acids is 2. The van der Waals surface area contributed by atoms with Crippen molar-refractivity contribution in [1.29, 1.82) is 0 Å². The molecule has 0 fully saturated rings. The van der Waals surface area contributed by atoms with Gasteiger partial charge in [0.05, 0.1) is 17.7 Å². The van der Waals surface area contributed by atoms with E-state index in [9.17, 15) is 22.4 Å². The molecule has 0 aromatic heterocycles. The van der Waals surface area contributed by atoms with Crippen molar-refractivity contribution in [3.63, 3.8) is 0 Å². The van der Waals surface area contributed by atoms with Crippen molar-refractivity contribution in [2.45, 2.75) is 57.6 Å². The van der Waals surface area contributed by atoms with E-state index in [4.69, 9.17) is 4.74 Å². The molecule has 3 aromatic carbocycles. The van der Waals surface area contributed by atoms with Gasteiger partial charge in [0.15, 0.2) is 0 Å². The van der Waals surface area contributed by atoms with E-state index < -0.39 is 40.2 Å². The number of halogens is 1. The second kappa shape index (κ2) is 13.4. The summed E-state index contributed by atoms with van der Waals surface area (Å²) in [4.78, 5) is 28.3. The maximum Gasteiger partial charge on any atom is 0.264 e. The van der Waals surface area contributed by atoms with Crippen LogP contribution in [0, 0.1) is 12.7 Å². The molecule has 0 heterocycles. The van der Waals surface area contributed by atoms with Crippen LogP contribution in [0.2, 0.25) is 0 Å². The second-order valence-electron chi connectivity index (χ2n) is 9.61. The molecular weight excluding hydrogens is 533 g/mol. The number of sulfonamides is 1. The van der Waals surface area contributed by atoms with Gasteiger partial charge in [-0.05, 0) is 63.1 Å². The number of methoxy groups -OCH3 is 1. The average Bonchev–Trinajstić information content (AvgIpc) is 2.95. The highest BCUT2D eigenvalue weighted by molar-refractivity contribution is 7.92. The van der Waals surface area contributed by atoms with Gasteiger partial charge in [0.25, 0.3) is 10.0 Å². The number of rotatable bonds is 12. The van der Waals surface area contributed by atoms with Crippen molar-refractivity contribution in [2.24, 2.45) is 0 Å². The Bertz CT molecular complexity index is 1430. The lowest BCUT2D eigenvalue weighted by molar-refractivity contribution is -0.139. The maximum absolute atomic E-state index is 14.7. The van der Waals surface area contributed by atoms with Gasteiger partial charge in [-0.2, -0.15) is 0 Å². The Morgan fingerprint density at radius 3 is 2.27 bits per heavy atom. The SMILES string of the molecule is CC[C@H](C)NC(=O)[C@@H](C)N(Cc1ccccc1F)C(=O)CN(c1cc(C)ccc1OC)S(=O)(=O)c1ccccc1. The molecular formula is C30H36FN3O5S. The fourth-order valence-electron chi connectivity index (χ4n) is 4.09. The molecule has 1 N–H and O–H groups in total. The fourth-order valence-corrected chi connectivity index (χ4v) is 5.52. The number of anilines is 1. The van der Waals surface area contributed by atoms with E-state index in [1.807, 2.05) is 13.8 Å². The number of hydrogen-bond donors (Lipinski definition) is 1. The zero-order chi connectivity index (χ0) is 29.4. The van der Waals surface area contributed by atoms with Crippen LogP contribution in [0.1, 0.15) is 38.3 Å². The summed E-state index contributed by atoms with van der Waals surface area (Å²) in [7, 11) is -2.84. The minimum Gasteiger partial charge on any atom is -0.495 e. The minimum absolute atomic E-state index is 0.0189. The summed E-state index contributed by atoms with van der Waals surface area (Å²) in [5.41, 5.74) is 1.12. The Labute approximate surface area is 235 Å². The van der Waals surface area contributed by atoms with Crippen LogP contribution in [-0.4, -0.2) is 50.9 Å². The van der Waals surface area contributed by atoms with Gasteiger partial charge in [-0.15, -0.1) is 0 Å². The third-order valence-electron chi connectivity index (χ3n) is 6.68. The van der Waals surface area contributed by atoms with Gasteiger partial charge in [-0.25, -0.2) is 12.8 Å². The summed E-state index contributed by atoms with van der Waals surface area (Å²) in [5, 5.41) is 2.85. The number of ether oxygens (including phenoxy) is 1. The average molecular weight is 570 g/mol. The highest BCUT2D eigenvalue weighted by Crippen LogP contribution is 2.33. The quantitative estimate of drug-likeness (QED) is 0.342. The highest BCUT2D eigenvalue weighted by atomic mass is 32.2. The first kappa shape index (κ1) is 30.6. The van der Waals surface area contributed by atoms with E-state index in [0.717, 1.165) is 9.87 Å². The summed E-state index contributed by atoms with van der Waals surface area (Å²) in [5.74, 6) is -1.40. The molecule has 10 heteroatoms. The van der Waals surface area contributed by atoms with E-state index in [0.29, 0.717) is 6.42 Å². The van der Waals surface area contributed by atoms with E-state index in [1.165, 1.54) is 42.3 Å². The Morgan fingerprint density at radius 1 is 1.00 bits per heavy atom. The van der Waals surface area contributed by atoms with Crippen molar-refractivity contribution >= 4 is 27.5 Å². The molecule has 214 valence electrons. The number of nitrogens with zero attached hydrogens (tertiary/aromatic N) is 2. The zero-order valence-corrected chi connectivity index (χ0v) is 24.2. The molecule has 0 aliphatic heterocycles. The molecule has 8 nitrogen and oxygen atoms in total. The third kappa shape index (κ3) is 7.18. The minimum atomic E-state index is -4.25. The molecule has 0 aliphatic carbocycles. The predicted octanol–water partition coefficient (Wildman–Crippen LogP) is 4.67. The maximum atomic E-state index is 14.7. The molecule has 2 amide bonds. The molecule has 0 saturated heterocycles. The first-order valence-corrected chi connectivity index (χ1v) is 14.5. The molecule has 0 saturated carbocycles. The van der Waals surface area contributed by atoms with Gasteiger partial charge in [0.2, 0.25) is 11.8 Å². The summed E-state index contributed by atoms with van der Waals surface area (Å²) in [6, 6.07) is 17.6. The second-order valence-corrected chi connectivity index (χ2v) is 11.5. The molecule has 0 bridgehead atoms. The topological polar surface area (TPSA) is 96.0 Å². The van der Waals surface area contributed by atoms with E-state index >= 15 is 0 Å². The lowest BCUT2D eigenvalue weighted by atomic mass is 10.1. The normalized spacial score (nSPS) is 12.8. The van der Waals surface area contributed by atoms with Crippen LogP contribution < -0.4 is 14.4 Å². The number of carbonyl (C=O) groups is 2. The van der Waals surface area contributed by atoms with Gasteiger partial charge < -0.3 is 15.0 Å². The van der Waals surface area contributed by atoms with Gasteiger partial charge in [0.1, 0.15) is 24.2 Å². The number of amides is 2. The lowest BCUT2D eigenvalue weighted by Gasteiger charge is -2.33. The lowest BCUT2D eigenvalue weighted by Crippen LogP contribution is -2.52. The van der Waals surface area contributed by atoms with Crippen LogP contribution in [-0.2, 0) is 26.2 Å². The van der Waals surface area contributed by atoms with Crippen LogP contribution in [0.4, 0.5) is 10.1 Å². The van der Waals surface area contributed by atoms with E-state index in [1.54, 1.807) is 56.3 Å². The van der Waals surface area contributed by atoms with Gasteiger partial charge in [-0.1, -0.05) is 49.4 Å². The van der Waals surface area contributed by atoms with E-state index in [2.05, 4.69) is 5.32 Å². The van der Waals surface area contributed by atoms with Crippen LogP contribution in [0.15, 0.2) is 77.7 Å². The van der Waals surface area contributed by atoms with E-state index in [-0.39, 0.29) is 34.5 Å². The smallest absolute Gasteiger partial charge is 0.264 e. The first-order chi connectivity index (χ1) is 19.0. The van der Waals surface area contributed by atoms with Crippen LogP contribution in [0.25, 0.3) is 0 Å². The van der Waals surface area contributed by atoms with Crippen LogP contribution in [0.3, 0.4) is 0 Å². The van der Waals surface area contributed by atoms with Crippen molar-refractivity contribution in [2.75, 3.05) is 18.0 Å². The Morgan fingerprint density at radius 2 is 1.65 bits per heavy atom. The molecule has 2 atom stereocenters. The summed E-state index contributed by atoms with van der Waals surface area (Å²) in [6.07, 6.45) is 0.677. The van der Waals surface area contributed by atoms with Crippen LogP contribution in [0.5, 0.6) is 5.75 Å². The van der Waals surface area contributed by atoms with Crippen molar-refractivity contribution in [3.05, 3.63) is 89.7 Å². The first-order valence-electron chi connectivity index (χ1n) is 13.0. The van der Waals surface area contributed by atoms with Gasteiger partial charge >= 0.3 is 0 Å². The summed E-state index contributed by atoms with van der Waals surface area (Å²) in [6.45, 7) is 6.21. The standard InChI is InChI=1S/C30H36FN3O5S/c1-6-22(3)32-30(36)23(4)33(19-24-12-10-11-15-26(24)31)29(35)20-34(27-18-21(2)16-17-28(27)39-5)40(37,38)25-13-8-7-9-14-25/h7-18,22-23H,6,19-20H2,1-5H3,(H,32,36)/t22-,23+/m0/s1. The van der Waals surface area contributed by atoms with Crippen molar-refractivity contribution in [1.82, 2.24) is 10.2 Å². The molecule has 3 aromatic rings. The highest BCUT2D eigenvalue weighted by Gasteiger charge is 2.34. The molecule has 0 aliphatic rings. The predicted molar refractivity (Wildman–Crippen MR) is 153 cm³/mol. The Hall–Kier alpha value is -3.92. The molecule has 0 radical (unpaired) electrons. The number of aryl methyl sites for hydroxylation is 1. The third-order valence-corrected chi connectivity index (χ3v) is 8.45. The molecule has 0 unspecified atom stereocenters. The molecule has 40 heavy (non-hydrogen) atoms. The number of nitrogens with one attached hydrogen (secondary N) is 1. The van der Waals surface area contributed by atoms with Crippen molar-refractivity contribution in [3.8, 4) is 5.75 Å². The number of benzene rings is 3. The van der Waals surface area contributed by atoms with Crippen molar-refractivity contribution < 1.29 is 27.1 Å². The fraction of sp³-hybridized carbons (Fsp3) is 0.333. The molecule has 0 spiro atoms. The Balaban J connectivity index is 2.09. The summed E-state index contributed by atoms with van der Waals surface area (Å²) < 4.78 is 49.0. The Kier molecular flexibility index (Phi) is 10.3. The van der Waals surface area contributed by atoms with Gasteiger partial charge in [-0.3, -0.25) is 13.9 Å².